The van der Waals surface area contributed by atoms with E-state index in [1.54, 1.807) is 0 Å². The average molecular weight is 212 g/mol. The molecule has 0 bridgehead atoms. The van der Waals surface area contributed by atoms with Gasteiger partial charge in [0.1, 0.15) is 6.04 Å². The van der Waals surface area contributed by atoms with Gasteiger partial charge in [0.25, 0.3) is 0 Å². The molecule has 86 valence electrons. The number of hydrogen-bond donors (Lipinski definition) is 2. The summed E-state index contributed by atoms with van der Waals surface area (Å²) in [5.74, 6) is -0.292. The highest BCUT2D eigenvalue weighted by Gasteiger charge is 2.28. The van der Waals surface area contributed by atoms with Gasteiger partial charge in [-0.3, -0.25) is 4.79 Å². The van der Waals surface area contributed by atoms with E-state index < -0.39 is 0 Å². The van der Waals surface area contributed by atoms with E-state index in [4.69, 9.17) is 10.5 Å². The number of primary amides is 1. The molecule has 2 fully saturated rings. The van der Waals surface area contributed by atoms with Gasteiger partial charge in [0.05, 0.1) is 12.7 Å². The summed E-state index contributed by atoms with van der Waals surface area (Å²) in [7, 11) is 0. The molecule has 2 aliphatic rings. The molecule has 1 amide bonds. The molecule has 1 atom stereocenters. The van der Waals surface area contributed by atoms with Crippen LogP contribution in [0.1, 0.15) is 38.5 Å². The Balaban J connectivity index is 1.70. The number of carbonyl (C=O) groups is 1. The molecule has 4 heteroatoms. The van der Waals surface area contributed by atoms with Crippen molar-refractivity contribution in [1.82, 2.24) is 5.32 Å². The highest BCUT2D eigenvalue weighted by atomic mass is 16.5. The minimum Gasteiger partial charge on any atom is -0.376 e. The molecule has 2 rings (SSSR count). The lowest BCUT2D eigenvalue weighted by Crippen LogP contribution is -2.46. The quantitative estimate of drug-likeness (QED) is 0.676. The van der Waals surface area contributed by atoms with Crippen LogP contribution in [0.4, 0.5) is 0 Å². The average Bonchev–Trinajstić information content (AvgIpc) is 2.87. The van der Waals surface area contributed by atoms with Crippen LogP contribution in [0.3, 0.4) is 0 Å². The van der Waals surface area contributed by atoms with Crippen molar-refractivity contribution in [3.05, 3.63) is 0 Å². The molecule has 2 saturated carbocycles. The van der Waals surface area contributed by atoms with Gasteiger partial charge in [0, 0.05) is 6.04 Å². The van der Waals surface area contributed by atoms with Crippen LogP contribution in [0.15, 0.2) is 0 Å². The molecule has 4 nitrogen and oxygen atoms in total. The fourth-order valence-corrected chi connectivity index (χ4v) is 2.03. The summed E-state index contributed by atoms with van der Waals surface area (Å²) in [6.07, 6.45) is 7.45. The van der Waals surface area contributed by atoms with Gasteiger partial charge in [-0.25, -0.2) is 0 Å². The van der Waals surface area contributed by atoms with Crippen molar-refractivity contribution in [3.63, 3.8) is 0 Å². The largest absolute Gasteiger partial charge is 0.376 e. The topological polar surface area (TPSA) is 64.4 Å². The van der Waals surface area contributed by atoms with Gasteiger partial charge < -0.3 is 15.8 Å². The molecule has 3 N–H and O–H groups in total. The highest BCUT2D eigenvalue weighted by Crippen LogP contribution is 2.22. The van der Waals surface area contributed by atoms with Gasteiger partial charge in [0.15, 0.2) is 0 Å². The molecule has 0 saturated heterocycles. The zero-order valence-electron chi connectivity index (χ0n) is 9.08. The number of ether oxygens (including phenoxy) is 1. The number of hydrogen-bond acceptors (Lipinski definition) is 3. The Labute approximate surface area is 90.5 Å². The third-order valence-corrected chi connectivity index (χ3v) is 3.16. The first kappa shape index (κ1) is 10.9. The molecule has 0 aromatic carbocycles. The molecule has 0 spiro atoms. The van der Waals surface area contributed by atoms with Gasteiger partial charge in [-0.2, -0.15) is 0 Å². The maximum Gasteiger partial charge on any atom is 0.236 e. The van der Waals surface area contributed by atoms with E-state index in [1.807, 2.05) is 0 Å². The second-order valence-corrected chi connectivity index (χ2v) is 4.64. The predicted octanol–water partition coefficient (Wildman–Crippen LogP) is 0.551. The summed E-state index contributed by atoms with van der Waals surface area (Å²) in [5, 5.41) is 3.21. The summed E-state index contributed by atoms with van der Waals surface area (Å²) in [5.41, 5.74) is 5.32. The van der Waals surface area contributed by atoms with Crippen LogP contribution in [0.2, 0.25) is 0 Å². The SMILES string of the molecule is NC(=O)C(COC1CCCC1)NC1CC1. The first-order chi connectivity index (χ1) is 7.25. The molecule has 0 aromatic heterocycles. The smallest absolute Gasteiger partial charge is 0.236 e. The van der Waals surface area contributed by atoms with Crippen LogP contribution in [-0.4, -0.2) is 30.7 Å². The van der Waals surface area contributed by atoms with Crippen molar-refractivity contribution in [2.45, 2.75) is 56.7 Å². The Morgan fingerprint density at radius 1 is 1.33 bits per heavy atom. The normalized spacial score (nSPS) is 24.3. The highest BCUT2D eigenvalue weighted by molar-refractivity contribution is 5.80. The molecule has 15 heavy (non-hydrogen) atoms. The second kappa shape index (κ2) is 4.94. The van der Waals surface area contributed by atoms with Crippen molar-refractivity contribution in [1.29, 1.82) is 0 Å². The van der Waals surface area contributed by atoms with E-state index in [0.717, 1.165) is 25.7 Å². The Morgan fingerprint density at radius 2 is 2.00 bits per heavy atom. The van der Waals surface area contributed by atoms with Crippen LogP contribution in [0.25, 0.3) is 0 Å². The lowest BCUT2D eigenvalue weighted by Gasteiger charge is -2.18. The maximum atomic E-state index is 11.1. The van der Waals surface area contributed by atoms with Crippen LogP contribution >= 0.6 is 0 Å². The Kier molecular flexibility index (Phi) is 3.59. The summed E-state index contributed by atoms with van der Waals surface area (Å²) in [6.45, 7) is 0.441. The zero-order valence-corrected chi connectivity index (χ0v) is 9.08. The van der Waals surface area contributed by atoms with E-state index in [0.29, 0.717) is 18.8 Å². The van der Waals surface area contributed by atoms with Crippen molar-refractivity contribution < 1.29 is 9.53 Å². The van der Waals surface area contributed by atoms with Gasteiger partial charge >= 0.3 is 0 Å². The van der Waals surface area contributed by atoms with E-state index in [9.17, 15) is 4.79 Å². The monoisotopic (exact) mass is 212 g/mol. The van der Waals surface area contributed by atoms with E-state index in [2.05, 4.69) is 5.32 Å². The fraction of sp³-hybridized carbons (Fsp3) is 0.909. The Bertz CT molecular complexity index is 223. The van der Waals surface area contributed by atoms with Crippen molar-refractivity contribution in [3.8, 4) is 0 Å². The molecule has 0 aromatic rings. The zero-order chi connectivity index (χ0) is 10.7. The van der Waals surface area contributed by atoms with E-state index in [1.165, 1.54) is 12.8 Å². The summed E-state index contributed by atoms with van der Waals surface area (Å²) in [6, 6.07) is 0.202. The minimum atomic E-state index is -0.293. The van der Waals surface area contributed by atoms with Gasteiger partial charge in [-0.15, -0.1) is 0 Å². The maximum absolute atomic E-state index is 11.1. The number of rotatable bonds is 6. The number of amides is 1. The van der Waals surface area contributed by atoms with Crippen molar-refractivity contribution >= 4 is 5.91 Å². The van der Waals surface area contributed by atoms with Gasteiger partial charge in [-0.1, -0.05) is 12.8 Å². The molecule has 0 radical (unpaired) electrons. The molecule has 2 aliphatic carbocycles. The van der Waals surface area contributed by atoms with Crippen LogP contribution in [0.5, 0.6) is 0 Å². The fourth-order valence-electron chi connectivity index (χ4n) is 2.03. The van der Waals surface area contributed by atoms with Crippen molar-refractivity contribution in [2.75, 3.05) is 6.61 Å². The standard InChI is InChI=1S/C11H20N2O2/c12-11(14)10(13-8-5-6-8)7-15-9-3-1-2-4-9/h8-10,13H,1-7H2,(H2,12,14). The first-order valence-corrected chi connectivity index (χ1v) is 5.92. The molecule has 0 heterocycles. The van der Waals surface area contributed by atoms with Crippen LogP contribution in [0, 0.1) is 0 Å². The molecule has 0 aliphatic heterocycles. The number of nitrogens with two attached hydrogens (primary N) is 1. The van der Waals surface area contributed by atoms with Gasteiger partial charge in [0.2, 0.25) is 5.91 Å². The second-order valence-electron chi connectivity index (χ2n) is 4.64. The minimum absolute atomic E-state index is 0.292. The molecule has 1 unspecified atom stereocenters. The Morgan fingerprint density at radius 3 is 2.53 bits per heavy atom. The van der Waals surface area contributed by atoms with E-state index in [-0.39, 0.29) is 11.9 Å². The van der Waals surface area contributed by atoms with E-state index >= 15 is 0 Å². The lowest BCUT2D eigenvalue weighted by molar-refractivity contribution is -0.122. The molecular weight excluding hydrogens is 192 g/mol. The predicted molar refractivity (Wildman–Crippen MR) is 57.3 cm³/mol. The third kappa shape index (κ3) is 3.47. The first-order valence-electron chi connectivity index (χ1n) is 5.92. The lowest BCUT2D eigenvalue weighted by atomic mass is 10.2. The van der Waals surface area contributed by atoms with Crippen LogP contribution < -0.4 is 11.1 Å². The molecular formula is C11H20N2O2. The number of nitrogens with one attached hydrogen (secondary N) is 1. The number of carbonyl (C=O) groups excluding carboxylic acids is 1. The summed E-state index contributed by atoms with van der Waals surface area (Å²) < 4.78 is 5.69. The summed E-state index contributed by atoms with van der Waals surface area (Å²) in [4.78, 5) is 11.1. The van der Waals surface area contributed by atoms with Crippen LogP contribution in [-0.2, 0) is 9.53 Å². The Hall–Kier alpha value is -0.610. The third-order valence-electron chi connectivity index (χ3n) is 3.16. The van der Waals surface area contributed by atoms with Gasteiger partial charge in [-0.05, 0) is 25.7 Å². The summed E-state index contributed by atoms with van der Waals surface area (Å²) >= 11 is 0. The van der Waals surface area contributed by atoms with Crippen molar-refractivity contribution in [2.24, 2.45) is 5.73 Å².